The number of carbonyl (C=O) groups is 1. The fourth-order valence-electron chi connectivity index (χ4n) is 2.35. The molecular formula is C19H21FINO4. The predicted octanol–water partition coefficient (Wildman–Crippen LogP) is 2.45. The smallest absolute Gasteiger partial charge is 0.249 e. The number of halogens is 2. The van der Waals surface area contributed by atoms with Crippen molar-refractivity contribution in [2.24, 2.45) is 0 Å². The molecule has 140 valence electrons. The zero-order valence-corrected chi connectivity index (χ0v) is 16.4. The normalized spacial score (nSPS) is 14.3. The average molecular weight is 473 g/mol. The van der Waals surface area contributed by atoms with Crippen molar-refractivity contribution in [2.75, 3.05) is 13.2 Å². The van der Waals surface area contributed by atoms with Gasteiger partial charge in [-0.1, -0.05) is 25.1 Å². The molecule has 0 radical (unpaired) electrons. The summed E-state index contributed by atoms with van der Waals surface area (Å²) in [6.07, 6.45) is -2.36. The Labute approximate surface area is 165 Å². The number of ether oxygens (including phenoxy) is 1. The Morgan fingerprint density at radius 3 is 2.50 bits per heavy atom. The van der Waals surface area contributed by atoms with Crippen LogP contribution in [0, 0.1) is 9.39 Å². The van der Waals surface area contributed by atoms with Gasteiger partial charge >= 0.3 is 0 Å². The molecule has 0 saturated heterocycles. The maximum Gasteiger partial charge on any atom is 0.249 e. The van der Waals surface area contributed by atoms with E-state index >= 15 is 0 Å². The van der Waals surface area contributed by atoms with Gasteiger partial charge in [-0.25, -0.2) is 4.39 Å². The number of amides is 1. The molecule has 0 aliphatic carbocycles. The Hall–Kier alpha value is -1.71. The Morgan fingerprint density at radius 1 is 1.19 bits per heavy atom. The van der Waals surface area contributed by atoms with E-state index in [1.165, 1.54) is 12.1 Å². The molecule has 1 amide bonds. The van der Waals surface area contributed by atoms with E-state index in [0.29, 0.717) is 5.75 Å². The first-order chi connectivity index (χ1) is 12.4. The number of rotatable bonds is 8. The van der Waals surface area contributed by atoms with Gasteiger partial charge in [0.25, 0.3) is 0 Å². The van der Waals surface area contributed by atoms with Gasteiger partial charge in [0.1, 0.15) is 30.4 Å². The first kappa shape index (κ1) is 20.6. The summed E-state index contributed by atoms with van der Waals surface area (Å²) in [6, 6.07) is 13.3. The quantitative estimate of drug-likeness (QED) is 0.515. The lowest BCUT2D eigenvalue weighted by Crippen LogP contribution is -2.42. The third-order valence-corrected chi connectivity index (χ3v) is 4.63. The molecule has 3 unspecified atom stereocenters. The minimum Gasteiger partial charge on any atom is -0.491 e. The van der Waals surface area contributed by atoms with Crippen molar-refractivity contribution in [3.8, 4) is 5.75 Å². The number of benzene rings is 2. The highest BCUT2D eigenvalue weighted by Crippen LogP contribution is 2.22. The zero-order valence-electron chi connectivity index (χ0n) is 14.2. The summed E-state index contributed by atoms with van der Waals surface area (Å²) in [6.45, 7) is 1.49. The van der Waals surface area contributed by atoms with Gasteiger partial charge in [-0.3, -0.25) is 4.79 Å². The van der Waals surface area contributed by atoms with E-state index in [1.54, 1.807) is 31.2 Å². The zero-order chi connectivity index (χ0) is 19.1. The van der Waals surface area contributed by atoms with Crippen LogP contribution in [0.2, 0.25) is 0 Å². The largest absolute Gasteiger partial charge is 0.491 e. The van der Waals surface area contributed by atoms with E-state index in [-0.39, 0.29) is 18.7 Å². The van der Waals surface area contributed by atoms with Crippen molar-refractivity contribution in [2.45, 2.75) is 25.0 Å². The summed E-state index contributed by atoms with van der Waals surface area (Å²) < 4.78 is 20.3. The maximum absolute atomic E-state index is 13.8. The van der Waals surface area contributed by atoms with Crippen molar-refractivity contribution in [3.63, 3.8) is 0 Å². The van der Waals surface area contributed by atoms with Crippen LogP contribution in [0.15, 0.2) is 48.5 Å². The molecule has 0 aliphatic heterocycles. The second kappa shape index (κ2) is 9.84. The fraction of sp³-hybridized carbons (Fsp3) is 0.316. The molecule has 3 atom stereocenters. The summed E-state index contributed by atoms with van der Waals surface area (Å²) in [7, 11) is 0. The lowest BCUT2D eigenvalue weighted by Gasteiger charge is -2.20. The summed E-state index contributed by atoms with van der Waals surface area (Å²) in [4.78, 5) is 12.0. The highest BCUT2D eigenvalue weighted by molar-refractivity contribution is 14.1. The molecule has 0 aromatic heterocycles. The minimum atomic E-state index is -1.42. The van der Waals surface area contributed by atoms with Gasteiger partial charge < -0.3 is 20.3 Å². The van der Waals surface area contributed by atoms with E-state index in [9.17, 15) is 19.4 Å². The molecule has 0 saturated carbocycles. The van der Waals surface area contributed by atoms with Crippen LogP contribution >= 0.6 is 22.6 Å². The summed E-state index contributed by atoms with van der Waals surface area (Å²) >= 11 is 2.18. The SMILES string of the molecule is CC(c1ccccc1F)C(O)C(=O)NCC(O)COc1ccc(I)cc1. The fourth-order valence-corrected chi connectivity index (χ4v) is 2.71. The van der Waals surface area contributed by atoms with Gasteiger partial charge in [-0.2, -0.15) is 0 Å². The van der Waals surface area contributed by atoms with Crippen LogP contribution in [-0.4, -0.2) is 41.5 Å². The van der Waals surface area contributed by atoms with Crippen molar-refractivity contribution in [3.05, 3.63) is 63.5 Å². The second-order valence-corrected chi connectivity index (χ2v) is 7.16. The second-order valence-electron chi connectivity index (χ2n) is 5.92. The minimum absolute atomic E-state index is 0.000164. The first-order valence-corrected chi connectivity index (χ1v) is 9.23. The van der Waals surface area contributed by atoms with E-state index in [2.05, 4.69) is 27.9 Å². The number of hydrogen-bond acceptors (Lipinski definition) is 4. The number of nitrogens with one attached hydrogen (secondary N) is 1. The first-order valence-electron chi connectivity index (χ1n) is 8.15. The van der Waals surface area contributed by atoms with Crippen LogP contribution in [0.1, 0.15) is 18.4 Å². The maximum atomic E-state index is 13.8. The summed E-state index contributed by atoms with van der Waals surface area (Å²) in [5.41, 5.74) is 0.262. The molecule has 7 heteroatoms. The molecule has 2 aromatic carbocycles. The molecule has 0 spiro atoms. The molecule has 2 rings (SSSR count). The van der Waals surface area contributed by atoms with Crippen LogP contribution in [0.25, 0.3) is 0 Å². The number of hydrogen-bond donors (Lipinski definition) is 3. The van der Waals surface area contributed by atoms with Crippen LogP contribution in [0.4, 0.5) is 4.39 Å². The van der Waals surface area contributed by atoms with Crippen LogP contribution in [0.5, 0.6) is 5.75 Å². The molecule has 0 heterocycles. The number of aliphatic hydroxyl groups excluding tert-OH is 2. The monoisotopic (exact) mass is 473 g/mol. The summed E-state index contributed by atoms with van der Waals surface area (Å²) in [5.74, 6) is -1.24. The van der Waals surface area contributed by atoms with Crippen molar-refractivity contribution in [1.29, 1.82) is 0 Å². The van der Waals surface area contributed by atoms with Gasteiger partial charge in [0.2, 0.25) is 5.91 Å². The Morgan fingerprint density at radius 2 is 1.85 bits per heavy atom. The number of aliphatic hydroxyl groups is 2. The van der Waals surface area contributed by atoms with E-state index in [1.807, 2.05) is 12.1 Å². The third kappa shape index (κ3) is 5.93. The molecule has 0 fully saturated rings. The molecule has 5 nitrogen and oxygen atoms in total. The van der Waals surface area contributed by atoms with E-state index < -0.39 is 29.9 Å². The van der Waals surface area contributed by atoms with Gasteiger partial charge in [-0.15, -0.1) is 0 Å². The molecule has 3 N–H and O–H groups in total. The molecule has 26 heavy (non-hydrogen) atoms. The molecule has 0 bridgehead atoms. The highest BCUT2D eigenvalue weighted by atomic mass is 127. The molecular weight excluding hydrogens is 452 g/mol. The Balaban J connectivity index is 1.79. The van der Waals surface area contributed by atoms with E-state index in [4.69, 9.17) is 4.74 Å². The Bertz CT molecular complexity index is 726. The molecule has 0 aliphatic rings. The third-order valence-electron chi connectivity index (χ3n) is 3.91. The predicted molar refractivity (Wildman–Crippen MR) is 104 cm³/mol. The number of carbonyl (C=O) groups excluding carboxylic acids is 1. The summed E-state index contributed by atoms with van der Waals surface area (Å²) in [5, 5.41) is 22.5. The van der Waals surface area contributed by atoms with E-state index in [0.717, 1.165) is 3.57 Å². The van der Waals surface area contributed by atoms with Gasteiger partial charge in [0.15, 0.2) is 0 Å². The lowest BCUT2D eigenvalue weighted by atomic mass is 9.94. The standard InChI is InChI=1S/C19H21FINO4/c1-12(16-4-2-3-5-17(16)20)18(24)19(25)22-10-14(23)11-26-15-8-6-13(21)7-9-15/h2-9,12,14,18,23-24H,10-11H2,1H3,(H,22,25). The van der Waals surface area contributed by atoms with Crippen molar-refractivity contribution >= 4 is 28.5 Å². The Kier molecular flexibility index (Phi) is 7.80. The van der Waals surface area contributed by atoms with Gasteiger partial charge in [0.05, 0.1) is 0 Å². The van der Waals surface area contributed by atoms with Crippen LogP contribution in [-0.2, 0) is 4.79 Å². The topological polar surface area (TPSA) is 78.8 Å². The van der Waals surface area contributed by atoms with Crippen molar-refractivity contribution < 1.29 is 24.1 Å². The highest BCUT2D eigenvalue weighted by Gasteiger charge is 2.26. The molecule has 2 aromatic rings. The lowest BCUT2D eigenvalue weighted by molar-refractivity contribution is -0.130. The van der Waals surface area contributed by atoms with Crippen molar-refractivity contribution in [1.82, 2.24) is 5.32 Å². The van der Waals surface area contributed by atoms with Gasteiger partial charge in [-0.05, 0) is 58.5 Å². The van der Waals surface area contributed by atoms with Gasteiger partial charge in [0, 0.05) is 16.0 Å². The van der Waals surface area contributed by atoms with Crippen LogP contribution in [0.3, 0.4) is 0 Å². The average Bonchev–Trinajstić information content (AvgIpc) is 2.64. The van der Waals surface area contributed by atoms with Crippen LogP contribution < -0.4 is 10.1 Å².